The fraction of sp³-hybridized carbons (Fsp3) is 0.276. The zero-order chi connectivity index (χ0) is 25.8. The lowest BCUT2D eigenvalue weighted by molar-refractivity contribution is -0.126. The first-order valence-electron chi connectivity index (χ1n) is 12.0. The molecule has 36 heavy (non-hydrogen) atoms. The van der Waals surface area contributed by atoms with Crippen LogP contribution in [0.1, 0.15) is 52.6 Å². The predicted octanol–water partition coefficient (Wildman–Crippen LogP) is 5.14. The van der Waals surface area contributed by atoms with E-state index in [4.69, 9.17) is 4.74 Å². The molecule has 1 heterocycles. The van der Waals surface area contributed by atoms with E-state index in [2.05, 4.69) is 10.6 Å². The summed E-state index contributed by atoms with van der Waals surface area (Å²) in [5.74, 6) is -0.484. The third kappa shape index (κ3) is 5.74. The second-order valence-corrected chi connectivity index (χ2v) is 9.47. The molecule has 1 saturated heterocycles. The van der Waals surface area contributed by atoms with Gasteiger partial charge in [-0.25, -0.2) is 4.79 Å². The highest BCUT2D eigenvalue weighted by molar-refractivity contribution is 6.04. The van der Waals surface area contributed by atoms with Gasteiger partial charge in [-0.05, 0) is 63.1 Å². The third-order valence-electron chi connectivity index (χ3n) is 6.04. The lowest BCUT2D eigenvalue weighted by atomic mass is 10.00. The topological polar surface area (TPSA) is 87.7 Å². The predicted molar refractivity (Wildman–Crippen MR) is 139 cm³/mol. The van der Waals surface area contributed by atoms with Crippen molar-refractivity contribution in [3.8, 4) is 0 Å². The molecule has 1 aliphatic rings. The van der Waals surface area contributed by atoms with E-state index >= 15 is 0 Å². The van der Waals surface area contributed by atoms with Gasteiger partial charge in [0.2, 0.25) is 5.91 Å². The van der Waals surface area contributed by atoms with E-state index in [0.29, 0.717) is 16.8 Å². The molecule has 0 saturated carbocycles. The summed E-state index contributed by atoms with van der Waals surface area (Å²) in [4.78, 5) is 40.2. The maximum atomic E-state index is 13.2. The van der Waals surface area contributed by atoms with Gasteiger partial charge in [0.25, 0.3) is 5.91 Å². The minimum absolute atomic E-state index is 0.0886. The van der Waals surface area contributed by atoms with Crippen LogP contribution >= 0.6 is 0 Å². The van der Waals surface area contributed by atoms with Gasteiger partial charge in [-0.15, -0.1) is 0 Å². The van der Waals surface area contributed by atoms with E-state index < -0.39 is 18.2 Å². The average molecular weight is 486 g/mol. The summed E-state index contributed by atoms with van der Waals surface area (Å²) < 4.78 is 5.71. The summed E-state index contributed by atoms with van der Waals surface area (Å²) in [5.41, 5.74) is 4.88. The molecule has 3 aromatic carbocycles. The number of anilines is 1. The Bertz CT molecular complexity index is 1250. The van der Waals surface area contributed by atoms with E-state index in [-0.39, 0.29) is 24.4 Å². The second kappa shape index (κ2) is 10.6. The normalized spacial score (nSPS) is 17.1. The largest absolute Gasteiger partial charge is 0.438 e. The van der Waals surface area contributed by atoms with Crippen LogP contribution in [0.25, 0.3) is 0 Å². The molecule has 4 rings (SSSR count). The van der Waals surface area contributed by atoms with Crippen LogP contribution in [-0.4, -0.2) is 34.9 Å². The standard InChI is InChI=1S/C29H31N3O4/c1-18(2)30-28(34)25-26(36-29(35)32(25)17-21-10-8-19(3)9-11-21)22-12-14-24(15-13-22)31-27(33)23-7-5-6-20(4)16-23/h5-16,18,25-26H,17H2,1-4H3,(H,30,34)(H,31,33)/t25-,26+/m1/s1. The van der Waals surface area contributed by atoms with Crippen LogP contribution < -0.4 is 10.6 Å². The fourth-order valence-electron chi connectivity index (χ4n) is 4.22. The first kappa shape index (κ1) is 25.0. The van der Waals surface area contributed by atoms with Crippen molar-refractivity contribution < 1.29 is 19.1 Å². The second-order valence-electron chi connectivity index (χ2n) is 9.47. The van der Waals surface area contributed by atoms with Gasteiger partial charge in [0.05, 0.1) is 6.54 Å². The van der Waals surface area contributed by atoms with Crippen LogP contribution in [0.2, 0.25) is 0 Å². The molecular formula is C29H31N3O4. The van der Waals surface area contributed by atoms with Crippen LogP contribution in [0.4, 0.5) is 10.5 Å². The van der Waals surface area contributed by atoms with Crippen molar-refractivity contribution in [2.45, 2.75) is 52.4 Å². The first-order valence-corrected chi connectivity index (χ1v) is 12.0. The Hall–Kier alpha value is -4.13. The fourth-order valence-corrected chi connectivity index (χ4v) is 4.22. The zero-order valence-electron chi connectivity index (χ0n) is 20.9. The van der Waals surface area contributed by atoms with E-state index in [1.807, 2.05) is 70.2 Å². The number of benzene rings is 3. The Kier molecular flexibility index (Phi) is 7.38. The highest BCUT2D eigenvalue weighted by atomic mass is 16.6. The summed E-state index contributed by atoms with van der Waals surface area (Å²) in [6, 6.07) is 21.3. The van der Waals surface area contributed by atoms with Gasteiger partial charge in [-0.1, -0.05) is 59.7 Å². The number of ether oxygens (including phenoxy) is 1. The third-order valence-corrected chi connectivity index (χ3v) is 6.04. The highest BCUT2D eigenvalue weighted by Gasteiger charge is 2.47. The van der Waals surface area contributed by atoms with Gasteiger partial charge < -0.3 is 15.4 Å². The molecule has 1 aliphatic heterocycles. The Morgan fingerprint density at radius 1 is 0.944 bits per heavy atom. The summed E-state index contributed by atoms with van der Waals surface area (Å²) in [5, 5.41) is 5.80. The lowest BCUT2D eigenvalue weighted by Gasteiger charge is -2.25. The van der Waals surface area contributed by atoms with Crippen molar-refractivity contribution in [1.82, 2.24) is 10.2 Å². The average Bonchev–Trinajstić information content (AvgIpc) is 3.16. The Balaban J connectivity index is 1.55. The Morgan fingerprint density at radius 3 is 2.28 bits per heavy atom. The Morgan fingerprint density at radius 2 is 1.64 bits per heavy atom. The number of hydrogen-bond donors (Lipinski definition) is 2. The number of hydrogen-bond acceptors (Lipinski definition) is 4. The molecule has 0 bridgehead atoms. The quantitative estimate of drug-likeness (QED) is 0.485. The molecule has 7 heteroatoms. The molecule has 3 amide bonds. The van der Waals surface area contributed by atoms with E-state index in [1.165, 1.54) is 4.90 Å². The van der Waals surface area contributed by atoms with E-state index in [9.17, 15) is 14.4 Å². The van der Waals surface area contributed by atoms with Crippen molar-refractivity contribution in [1.29, 1.82) is 0 Å². The van der Waals surface area contributed by atoms with Gasteiger partial charge in [0.15, 0.2) is 12.1 Å². The molecule has 0 unspecified atom stereocenters. The van der Waals surface area contributed by atoms with Crippen LogP contribution in [0, 0.1) is 13.8 Å². The highest BCUT2D eigenvalue weighted by Crippen LogP contribution is 2.34. The number of cyclic esters (lactones) is 1. The van der Waals surface area contributed by atoms with Gasteiger partial charge in [-0.3, -0.25) is 14.5 Å². The zero-order valence-corrected chi connectivity index (χ0v) is 20.9. The number of rotatable bonds is 7. The number of carbonyl (C=O) groups excluding carboxylic acids is 3. The molecular weight excluding hydrogens is 454 g/mol. The molecule has 186 valence electrons. The van der Waals surface area contributed by atoms with Crippen LogP contribution in [0.5, 0.6) is 0 Å². The number of amides is 3. The van der Waals surface area contributed by atoms with Gasteiger partial charge in [0, 0.05) is 17.3 Å². The van der Waals surface area contributed by atoms with Gasteiger partial charge >= 0.3 is 6.09 Å². The molecule has 0 radical (unpaired) electrons. The van der Waals surface area contributed by atoms with Crippen molar-refractivity contribution in [3.63, 3.8) is 0 Å². The smallest absolute Gasteiger partial charge is 0.411 e. The summed E-state index contributed by atoms with van der Waals surface area (Å²) in [7, 11) is 0. The summed E-state index contributed by atoms with van der Waals surface area (Å²) >= 11 is 0. The molecule has 3 aromatic rings. The minimum Gasteiger partial charge on any atom is -0.438 e. The van der Waals surface area contributed by atoms with Gasteiger partial charge in [-0.2, -0.15) is 0 Å². The molecule has 2 N–H and O–H groups in total. The maximum absolute atomic E-state index is 13.2. The van der Waals surface area contributed by atoms with Crippen LogP contribution in [0.15, 0.2) is 72.8 Å². The summed E-state index contributed by atoms with van der Waals surface area (Å²) in [6.45, 7) is 7.94. The van der Waals surface area contributed by atoms with Gasteiger partial charge in [0.1, 0.15) is 0 Å². The number of aryl methyl sites for hydroxylation is 2. The number of carbonyl (C=O) groups is 3. The van der Waals surface area contributed by atoms with Crippen molar-refractivity contribution in [2.24, 2.45) is 0 Å². The molecule has 7 nitrogen and oxygen atoms in total. The number of nitrogens with zero attached hydrogens (tertiary/aromatic N) is 1. The van der Waals surface area contributed by atoms with E-state index in [0.717, 1.165) is 16.7 Å². The first-order chi connectivity index (χ1) is 17.2. The monoisotopic (exact) mass is 485 g/mol. The van der Waals surface area contributed by atoms with E-state index in [1.54, 1.807) is 30.3 Å². The molecule has 2 atom stereocenters. The van der Waals surface area contributed by atoms with Crippen LogP contribution in [-0.2, 0) is 16.1 Å². The number of nitrogens with one attached hydrogen (secondary N) is 2. The van der Waals surface area contributed by atoms with Crippen molar-refractivity contribution >= 4 is 23.6 Å². The molecule has 0 spiro atoms. The minimum atomic E-state index is -0.825. The van der Waals surface area contributed by atoms with Crippen molar-refractivity contribution in [2.75, 3.05) is 5.32 Å². The molecule has 1 fully saturated rings. The lowest BCUT2D eigenvalue weighted by Crippen LogP contribution is -2.48. The molecule has 0 aromatic heterocycles. The Labute approximate surface area is 211 Å². The summed E-state index contributed by atoms with van der Waals surface area (Å²) in [6.07, 6.45) is -1.32. The molecule has 0 aliphatic carbocycles. The SMILES string of the molecule is Cc1ccc(CN2C(=O)O[C@@H](c3ccc(NC(=O)c4cccc(C)c4)cc3)[C@@H]2C(=O)NC(C)C)cc1. The maximum Gasteiger partial charge on any atom is 0.411 e. The van der Waals surface area contributed by atoms with Crippen LogP contribution in [0.3, 0.4) is 0 Å². The van der Waals surface area contributed by atoms with Crippen molar-refractivity contribution in [3.05, 3.63) is 101 Å².